The van der Waals surface area contributed by atoms with Crippen LogP contribution >= 0.6 is 27.5 Å². The van der Waals surface area contributed by atoms with Crippen LogP contribution < -0.4 is 20.3 Å². The minimum Gasteiger partial charge on any atom is -0.496 e. The maximum absolute atomic E-state index is 12.0. The molecular formula is C17H16BrClN2O4. The summed E-state index contributed by atoms with van der Waals surface area (Å²) >= 11 is 9.22. The summed E-state index contributed by atoms with van der Waals surface area (Å²) in [4.78, 5) is 23.8. The van der Waals surface area contributed by atoms with E-state index < -0.39 is 11.8 Å². The molecule has 0 aliphatic carbocycles. The first-order valence-corrected chi connectivity index (χ1v) is 8.39. The predicted molar refractivity (Wildman–Crippen MR) is 98.0 cm³/mol. The van der Waals surface area contributed by atoms with E-state index in [1.165, 1.54) is 7.11 Å². The number of hydrazine groups is 1. The monoisotopic (exact) mass is 426 g/mol. The molecule has 0 unspecified atom stereocenters. The molecule has 0 aliphatic heterocycles. The smallest absolute Gasteiger partial charge is 0.276 e. The van der Waals surface area contributed by atoms with Crippen molar-refractivity contribution >= 4 is 39.3 Å². The van der Waals surface area contributed by atoms with Gasteiger partial charge in [0.05, 0.1) is 11.6 Å². The van der Waals surface area contributed by atoms with Crippen molar-refractivity contribution < 1.29 is 19.1 Å². The number of carbonyl (C=O) groups is 2. The van der Waals surface area contributed by atoms with Gasteiger partial charge >= 0.3 is 0 Å². The minimum atomic E-state index is -0.492. The van der Waals surface area contributed by atoms with Gasteiger partial charge in [-0.2, -0.15) is 0 Å². The second kappa shape index (κ2) is 8.73. The van der Waals surface area contributed by atoms with Gasteiger partial charge in [0, 0.05) is 10.6 Å². The summed E-state index contributed by atoms with van der Waals surface area (Å²) in [5.74, 6) is 0.169. The van der Waals surface area contributed by atoms with E-state index in [4.69, 9.17) is 21.1 Å². The quantitative estimate of drug-likeness (QED) is 0.718. The number of rotatable bonds is 5. The van der Waals surface area contributed by atoms with Crippen LogP contribution in [0.3, 0.4) is 0 Å². The zero-order valence-electron chi connectivity index (χ0n) is 13.6. The normalized spacial score (nSPS) is 10.1. The van der Waals surface area contributed by atoms with Crippen LogP contribution in [0.2, 0.25) is 5.02 Å². The van der Waals surface area contributed by atoms with Gasteiger partial charge in [-0.25, -0.2) is 0 Å². The maximum Gasteiger partial charge on any atom is 0.276 e. The molecular weight excluding hydrogens is 412 g/mol. The first kappa shape index (κ1) is 19.1. The van der Waals surface area contributed by atoms with E-state index in [-0.39, 0.29) is 6.61 Å². The largest absolute Gasteiger partial charge is 0.496 e. The van der Waals surface area contributed by atoms with Crippen LogP contribution in [0.15, 0.2) is 40.9 Å². The number of amides is 2. The topological polar surface area (TPSA) is 76.7 Å². The van der Waals surface area contributed by atoms with E-state index >= 15 is 0 Å². The number of nitrogens with one attached hydrogen (secondary N) is 2. The van der Waals surface area contributed by atoms with Crippen molar-refractivity contribution in [3.63, 3.8) is 0 Å². The van der Waals surface area contributed by atoms with Crippen molar-refractivity contribution in [1.29, 1.82) is 0 Å². The zero-order chi connectivity index (χ0) is 18.4. The molecule has 0 atom stereocenters. The molecule has 132 valence electrons. The van der Waals surface area contributed by atoms with Crippen LogP contribution in [0.25, 0.3) is 0 Å². The van der Waals surface area contributed by atoms with Gasteiger partial charge in [-0.3, -0.25) is 20.4 Å². The molecule has 2 N–H and O–H groups in total. The Hall–Kier alpha value is -2.25. The summed E-state index contributed by atoms with van der Waals surface area (Å²) in [6, 6.07) is 9.89. The van der Waals surface area contributed by atoms with Crippen molar-refractivity contribution in [2.75, 3.05) is 13.7 Å². The summed E-state index contributed by atoms with van der Waals surface area (Å²) in [5, 5.41) is 0.620. The molecule has 25 heavy (non-hydrogen) atoms. The SMILES string of the molecule is COc1ccc(C(=O)NNC(=O)COc2ccc(Cl)c(C)c2)cc1Br. The summed E-state index contributed by atoms with van der Waals surface area (Å²) < 4.78 is 11.1. The van der Waals surface area contributed by atoms with Crippen LogP contribution in [0.4, 0.5) is 0 Å². The second-order valence-corrected chi connectivity index (χ2v) is 6.31. The van der Waals surface area contributed by atoms with Gasteiger partial charge < -0.3 is 9.47 Å². The number of carbonyl (C=O) groups excluding carboxylic acids is 2. The highest BCUT2D eigenvalue weighted by molar-refractivity contribution is 9.10. The van der Waals surface area contributed by atoms with Gasteiger partial charge in [-0.05, 0) is 64.8 Å². The van der Waals surface area contributed by atoms with Gasteiger partial charge in [-0.1, -0.05) is 11.6 Å². The molecule has 2 aromatic rings. The molecule has 0 radical (unpaired) electrons. The van der Waals surface area contributed by atoms with E-state index in [0.29, 0.717) is 26.6 Å². The standard InChI is InChI=1S/C17H16BrClN2O4/c1-10-7-12(4-5-14(10)19)25-9-16(22)20-21-17(23)11-3-6-15(24-2)13(18)8-11/h3-8H,9H2,1-2H3,(H,20,22)(H,21,23). The lowest BCUT2D eigenvalue weighted by Gasteiger charge is -2.10. The molecule has 0 fully saturated rings. The Bertz CT molecular complexity index is 798. The highest BCUT2D eigenvalue weighted by atomic mass is 79.9. The third kappa shape index (κ3) is 5.37. The van der Waals surface area contributed by atoms with Gasteiger partial charge in [0.15, 0.2) is 6.61 Å². The van der Waals surface area contributed by atoms with Crippen LogP contribution in [0, 0.1) is 6.92 Å². The van der Waals surface area contributed by atoms with E-state index in [2.05, 4.69) is 26.8 Å². The second-order valence-electron chi connectivity index (χ2n) is 5.05. The first-order chi connectivity index (χ1) is 11.9. The third-order valence-corrected chi connectivity index (χ3v) is 4.27. The number of halogens is 2. The number of methoxy groups -OCH3 is 1. The Kier molecular flexibility index (Phi) is 6.66. The summed E-state index contributed by atoms with van der Waals surface area (Å²) in [5.41, 5.74) is 5.82. The average Bonchev–Trinajstić information content (AvgIpc) is 2.60. The molecule has 0 aromatic heterocycles. The minimum absolute atomic E-state index is 0.242. The van der Waals surface area contributed by atoms with Gasteiger partial charge in [0.2, 0.25) is 0 Å². The van der Waals surface area contributed by atoms with Crippen LogP contribution in [0.1, 0.15) is 15.9 Å². The average molecular weight is 428 g/mol. The van der Waals surface area contributed by atoms with Crippen LogP contribution in [-0.4, -0.2) is 25.5 Å². The number of hydrogen-bond donors (Lipinski definition) is 2. The lowest BCUT2D eigenvalue weighted by Crippen LogP contribution is -2.43. The molecule has 2 aromatic carbocycles. The van der Waals surface area contributed by atoms with Crippen molar-refractivity contribution in [2.45, 2.75) is 6.92 Å². The lowest BCUT2D eigenvalue weighted by atomic mass is 10.2. The Balaban J connectivity index is 1.83. The third-order valence-electron chi connectivity index (χ3n) is 3.23. The summed E-state index contributed by atoms with van der Waals surface area (Å²) in [7, 11) is 1.53. The van der Waals surface area contributed by atoms with Crippen LogP contribution in [0.5, 0.6) is 11.5 Å². The van der Waals surface area contributed by atoms with E-state index in [0.717, 1.165) is 5.56 Å². The highest BCUT2D eigenvalue weighted by Crippen LogP contribution is 2.25. The van der Waals surface area contributed by atoms with Gasteiger partial charge in [0.1, 0.15) is 11.5 Å². The number of benzene rings is 2. The Morgan fingerprint density at radius 1 is 1.16 bits per heavy atom. The van der Waals surface area contributed by atoms with Crippen molar-refractivity contribution in [1.82, 2.24) is 10.9 Å². The first-order valence-electron chi connectivity index (χ1n) is 7.22. The Morgan fingerprint density at radius 2 is 1.92 bits per heavy atom. The van der Waals surface area contributed by atoms with E-state index in [9.17, 15) is 9.59 Å². The number of hydrogen-bond acceptors (Lipinski definition) is 4. The highest BCUT2D eigenvalue weighted by Gasteiger charge is 2.10. The van der Waals surface area contributed by atoms with E-state index in [1.807, 2.05) is 6.92 Å². The van der Waals surface area contributed by atoms with Crippen molar-refractivity contribution in [3.8, 4) is 11.5 Å². The molecule has 0 saturated heterocycles. The van der Waals surface area contributed by atoms with Gasteiger partial charge in [0.25, 0.3) is 11.8 Å². The molecule has 6 nitrogen and oxygen atoms in total. The summed E-state index contributed by atoms with van der Waals surface area (Å²) in [6.45, 7) is 1.59. The lowest BCUT2D eigenvalue weighted by molar-refractivity contribution is -0.123. The molecule has 2 rings (SSSR count). The summed E-state index contributed by atoms with van der Waals surface area (Å²) in [6.07, 6.45) is 0. The van der Waals surface area contributed by atoms with Crippen LogP contribution in [-0.2, 0) is 4.79 Å². The zero-order valence-corrected chi connectivity index (χ0v) is 15.9. The molecule has 8 heteroatoms. The Labute approximate surface area is 158 Å². The molecule has 0 saturated carbocycles. The number of ether oxygens (including phenoxy) is 2. The fraction of sp³-hybridized carbons (Fsp3) is 0.176. The van der Waals surface area contributed by atoms with Crippen molar-refractivity contribution in [2.24, 2.45) is 0 Å². The van der Waals surface area contributed by atoms with E-state index in [1.54, 1.807) is 36.4 Å². The molecule has 0 spiro atoms. The molecule has 2 amide bonds. The molecule has 0 bridgehead atoms. The fourth-order valence-electron chi connectivity index (χ4n) is 1.90. The van der Waals surface area contributed by atoms with Crippen molar-refractivity contribution in [3.05, 3.63) is 57.0 Å². The predicted octanol–water partition coefficient (Wildman–Crippen LogP) is 3.26. The fourth-order valence-corrected chi connectivity index (χ4v) is 2.56. The maximum atomic E-state index is 12.0. The molecule has 0 heterocycles. The Morgan fingerprint density at radius 3 is 2.56 bits per heavy atom. The number of aryl methyl sites for hydroxylation is 1. The molecule has 0 aliphatic rings. The van der Waals surface area contributed by atoms with Gasteiger partial charge in [-0.15, -0.1) is 0 Å².